The zero-order chi connectivity index (χ0) is 8.69. The molecular weight excluding hydrogens is 134 g/mol. The minimum Gasteiger partial charge on any atom is -0.312 e. The first-order valence-corrected chi connectivity index (χ1v) is 4.96. The Morgan fingerprint density at radius 2 is 1.45 bits per heavy atom. The molecule has 0 fully saturated rings. The average molecular weight is 157 g/mol. The van der Waals surface area contributed by atoms with Crippen molar-refractivity contribution in [1.29, 1.82) is 0 Å². The molecule has 0 spiro atoms. The standard InChI is InChI=1S/C10H23N/c1-5-7-10(8-6-2)11-9(3)4/h9-11H,5-8H2,1-4H3. The van der Waals surface area contributed by atoms with E-state index in [2.05, 4.69) is 33.0 Å². The number of nitrogens with one attached hydrogen (secondary N) is 1. The maximum atomic E-state index is 3.58. The molecule has 0 heterocycles. The first-order chi connectivity index (χ1) is 5.20. The first kappa shape index (κ1) is 11.0. The van der Waals surface area contributed by atoms with E-state index in [4.69, 9.17) is 0 Å². The average Bonchev–Trinajstić information content (AvgIpc) is 1.87. The maximum absolute atomic E-state index is 3.58. The van der Waals surface area contributed by atoms with Crippen LogP contribution in [0.1, 0.15) is 53.4 Å². The largest absolute Gasteiger partial charge is 0.312 e. The molecule has 0 saturated heterocycles. The third-order valence-electron chi connectivity index (χ3n) is 1.84. The number of hydrogen-bond donors (Lipinski definition) is 1. The Labute approximate surface area is 71.6 Å². The lowest BCUT2D eigenvalue weighted by Crippen LogP contribution is -2.34. The van der Waals surface area contributed by atoms with Gasteiger partial charge in [0.05, 0.1) is 0 Å². The van der Waals surface area contributed by atoms with Crippen LogP contribution in [0.2, 0.25) is 0 Å². The molecule has 11 heavy (non-hydrogen) atoms. The summed E-state index contributed by atoms with van der Waals surface area (Å²) in [5, 5.41) is 3.58. The second kappa shape index (κ2) is 6.66. The van der Waals surface area contributed by atoms with Crippen molar-refractivity contribution in [3.8, 4) is 0 Å². The third kappa shape index (κ3) is 6.36. The number of rotatable bonds is 6. The van der Waals surface area contributed by atoms with Gasteiger partial charge in [-0.2, -0.15) is 0 Å². The molecular formula is C10H23N. The molecule has 0 aliphatic carbocycles. The Kier molecular flexibility index (Phi) is 6.63. The van der Waals surface area contributed by atoms with E-state index in [0.717, 1.165) is 6.04 Å². The van der Waals surface area contributed by atoms with E-state index in [9.17, 15) is 0 Å². The van der Waals surface area contributed by atoms with Crippen LogP contribution in [-0.4, -0.2) is 12.1 Å². The molecule has 0 aromatic heterocycles. The maximum Gasteiger partial charge on any atom is 0.00692 e. The van der Waals surface area contributed by atoms with Crippen molar-refractivity contribution in [2.24, 2.45) is 0 Å². The van der Waals surface area contributed by atoms with Crippen LogP contribution in [-0.2, 0) is 0 Å². The van der Waals surface area contributed by atoms with Gasteiger partial charge in [0.15, 0.2) is 0 Å². The normalized spacial score (nSPS) is 11.5. The Hall–Kier alpha value is -0.0400. The summed E-state index contributed by atoms with van der Waals surface area (Å²) in [5.41, 5.74) is 0. The molecule has 1 N–H and O–H groups in total. The highest BCUT2D eigenvalue weighted by molar-refractivity contribution is 4.67. The molecule has 0 aliphatic heterocycles. The summed E-state index contributed by atoms with van der Waals surface area (Å²) in [4.78, 5) is 0. The van der Waals surface area contributed by atoms with Crippen LogP contribution in [0.25, 0.3) is 0 Å². The van der Waals surface area contributed by atoms with Gasteiger partial charge >= 0.3 is 0 Å². The van der Waals surface area contributed by atoms with E-state index >= 15 is 0 Å². The molecule has 0 unspecified atom stereocenters. The van der Waals surface area contributed by atoms with Gasteiger partial charge in [0.2, 0.25) is 0 Å². The molecule has 0 aromatic rings. The van der Waals surface area contributed by atoms with Crippen LogP contribution >= 0.6 is 0 Å². The molecule has 0 saturated carbocycles. The van der Waals surface area contributed by atoms with Crippen molar-refractivity contribution in [1.82, 2.24) is 5.32 Å². The lowest BCUT2D eigenvalue weighted by Gasteiger charge is -2.19. The molecule has 1 nitrogen and oxygen atoms in total. The second-order valence-electron chi connectivity index (χ2n) is 3.60. The fourth-order valence-electron chi connectivity index (χ4n) is 1.48. The Balaban J connectivity index is 3.50. The summed E-state index contributed by atoms with van der Waals surface area (Å²) in [5.74, 6) is 0. The quantitative estimate of drug-likeness (QED) is 0.625. The minimum atomic E-state index is 0.637. The van der Waals surface area contributed by atoms with Crippen LogP contribution in [0.5, 0.6) is 0 Å². The van der Waals surface area contributed by atoms with Crippen LogP contribution in [0, 0.1) is 0 Å². The second-order valence-corrected chi connectivity index (χ2v) is 3.60. The summed E-state index contributed by atoms with van der Waals surface area (Å²) in [7, 11) is 0. The summed E-state index contributed by atoms with van der Waals surface area (Å²) in [6.45, 7) is 8.95. The van der Waals surface area contributed by atoms with Crippen molar-refractivity contribution in [2.45, 2.75) is 65.5 Å². The van der Waals surface area contributed by atoms with Gasteiger partial charge < -0.3 is 5.32 Å². The van der Waals surface area contributed by atoms with Crippen LogP contribution in [0.15, 0.2) is 0 Å². The van der Waals surface area contributed by atoms with E-state index in [0.29, 0.717) is 6.04 Å². The van der Waals surface area contributed by atoms with Crippen molar-refractivity contribution >= 4 is 0 Å². The predicted octanol–water partition coefficient (Wildman–Crippen LogP) is 2.95. The van der Waals surface area contributed by atoms with Crippen LogP contribution in [0.3, 0.4) is 0 Å². The topological polar surface area (TPSA) is 12.0 Å². The van der Waals surface area contributed by atoms with Crippen molar-refractivity contribution < 1.29 is 0 Å². The highest BCUT2D eigenvalue weighted by Gasteiger charge is 2.06. The van der Waals surface area contributed by atoms with Gasteiger partial charge in [-0.15, -0.1) is 0 Å². The summed E-state index contributed by atoms with van der Waals surface area (Å²) in [6.07, 6.45) is 5.24. The van der Waals surface area contributed by atoms with Gasteiger partial charge in [0, 0.05) is 12.1 Å². The zero-order valence-electron chi connectivity index (χ0n) is 8.48. The zero-order valence-corrected chi connectivity index (χ0v) is 8.48. The van der Waals surface area contributed by atoms with Gasteiger partial charge in [-0.25, -0.2) is 0 Å². The highest BCUT2D eigenvalue weighted by atomic mass is 14.9. The van der Waals surface area contributed by atoms with Crippen LogP contribution < -0.4 is 5.32 Å². The third-order valence-corrected chi connectivity index (χ3v) is 1.84. The molecule has 0 atom stereocenters. The van der Waals surface area contributed by atoms with Crippen molar-refractivity contribution in [2.75, 3.05) is 0 Å². The molecule has 0 aliphatic rings. The van der Waals surface area contributed by atoms with E-state index in [1.807, 2.05) is 0 Å². The van der Waals surface area contributed by atoms with Gasteiger partial charge in [-0.3, -0.25) is 0 Å². The smallest absolute Gasteiger partial charge is 0.00692 e. The van der Waals surface area contributed by atoms with E-state index in [1.54, 1.807) is 0 Å². The monoisotopic (exact) mass is 157 g/mol. The van der Waals surface area contributed by atoms with E-state index in [1.165, 1.54) is 25.7 Å². The van der Waals surface area contributed by atoms with E-state index in [-0.39, 0.29) is 0 Å². The van der Waals surface area contributed by atoms with Gasteiger partial charge in [-0.1, -0.05) is 40.5 Å². The molecule has 1 heteroatoms. The molecule has 0 aromatic carbocycles. The minimum absolute atomic E-state index is 0.637. The lowest BCUT2D eigenvalue weighted by molar-refractivity contribution is 0.410. The molecule has 0 bridgehead atoms. The Morgan fingerprint density at radius 3 is 1.73 bits per heavy atom. The molecule has 0 rings (SSSR count). The van der Waals surface area contributed by atoms with Gasteiger partial charge in [-0.05, 0) is 12.8 Å². The SMILES string of the molecule is CCCC(CCC)NC(C)C. The first-order valence-electron chi connectivity index (χ1n) is 4.96. The summed E-state index contributed by atoms with van der Waals surface area (Å²) >= 11 is 0. The van der Waals surface area contributed by atoms with Gasteiger partial charge in [0.25, 0.3) is 0 Å². The van der Waals surface area contributed by atoms with Crippen LogP contribution in [0.4, 0.5) is 0 Å². The lowest BCUT2D eigenvalue weighted by atomic mass is 10.1. The molecule has 0 amide bonds. The van der Waals surface area contributed by atoms with E-state index < -0.39 is 0 Å². The van der Waals surface area contributed by atoms with Crippen molar-refractivity contribution in [3.63, 3.8) is 0 Å². The summed E-state index contributed by atoms with van der Waals surface area (Å²) in [6, 6.07) is 1.39. The fraction of sp³-hybridized carbons (Fsp3) is 1.00. The highest BCUT2D eigenvalue weighted by Crippen LogP contribution is 2.04. The Bertz CT molecular complexity index is 72.9. The number of hydrogen-bond acceptors (Lipinski definition) is 1. The van der Waals surface area contributed by atoms with Crippen molar-refractivity contribution in [3.05, 3.63) is 0 Å². The molecule has 68 valence electrons. The molecule has 0 radical (unpaired) electrons. The fourth-order valence-corrected chi connectivity index (χ4v) is 1.48. The van der Waals surface area contributed by atoms with Gasteiger partial charge in [0.1, 0.15) is 0 Å². The summed E-state index contributed by atoms with van der Waals surface area (Å²) < 4.78 is 0. The Morgan fingerprint density at radius 1 is 1.00 bits per heavy atom. The predicted molar refractivity (Wildman–Crippen MR) is 51.9 cm³/mol.